The number of allylic oxidation sites excluding steroid dienone is 1. The van der Waals surface area contributed by atoms with Gasteiger partial charge in [-0.1, -0.05) is 36.7 Å². The molecule has 1 saturated carbocycles. The van der Waals surface area contributed by atoms with Gasteiger partial charge in [0.05, 0.1) is 15.5 Å². The lowest BCUT2D eigenvalue weighted by molar-refractivity contribution is -0.0833. The number of sulfonamides is 1. The summed E-state index contributed by atoms with van der Waals surface area (Å²) in [6.45, 7) is 6.86. The number of nitrogens with zero attached hydrogens (tertiary/aromatic N) is 1. The number of halogens is 1. The molecule has 3 heterocycles. The lowest BCUT2D eigenvalue weighted by Gasteiger charge is -2.53. The molecule has 1 saturated heterocycles. The number of carbonyl (C=O) groups is 1. The van der Waals surface area contributed by atoms with Crippen molar-refractivity contribution in [2.75, 3.05) is 49.8 Å². The predicted molar refractivity (Wildman–Crippen MR) is 211 cm³/mol. The number of hydrogen-bond donors (Lipinski definition) is 1. The Morgan fingerprint density at radius 2 is 1.90 bits per heavy atom. The van der Waals surface area contributed by atoms with E-state index >= 15 is 0 Å². The fourth-order valence-electron chi connectivity index (χ4n) is 8.20. The van der Waals surface area contributed by atoms with Crippen molar-refractivity contribution < 1.29 is 27.4 Å². The van der Waals surface area contributed by atoms with E-state index in [2.05, 4.69) is 28.7 Å². The molecule has 0 spiro atoms. The Hall–Kier alpha value is -1.89. The molecule has 2 aromatic rings. The van der Waals surface area contributed by atoms with Gasteiger partial charge in [-0.3, -0.25) is 4.79 Å². The Morgan fingerprint density at radius 1 is 1.08 bits per heavy atom. The van der Waals surface area contributed by atoms with Crippen LogP contribution in [0.1, 0.15) is 80.3 Å². The molecule has 3 aliphatic heterocycles. The Labute approximate surface area is 318 Å². The van der Waals surface area contributed by atoms with E-state index in [9.17, 15) is 13.2 Å². The Balaban J connectivity index is 1.44. The van der Waals surface area contributed by atoms with E-state index in [-0.39, 0.29) is 23.5 Å². The number of rotatable bonds is 6. The zero-order valence-electron chi connectivity index (χ0n) is 30.1. The Kier molecular flexibility index (Phi) is 13.3. The second kappa shape index (κ2) is 17.5. The highest BCUT2D eigenvalue weighted by molar-refractivity contribution is 8.17. The number of carbonyl (C=O) groups excluding carboxylic acids is 1. The molecular weight excluding hydrogens is 724 g/mol. The molecule has 0 radical (unpaired) electrons. The minimum atomic E-state index is -4.05. The zero-order chi connectivity index (χ0) is 36.0. The standard InChI is InChI=1S/C39H53ClN2O6S3/c1-4-48-39(38-49-21-8-22-50-38)18-7-9-27(2)36(17-20-46-3)51(44,45)41-37(43)29-13-16-35-34(24-29)42(25-30-12-15-33(30)39)19-6-5-10-28-23-32(40)14-11-31(28)26-47-35/h7,11,13-14,16,18,23-24,27,30,33,36,38H,4-6,8-10,12,15,17,19-22,25-26H2,1-3H3,(H,41,43)/b18-7+/t27-,30-,33+,36+,39+/m0/s1. The highest BCUT2D eigenvalue weighted by Gasteiger charge is 2.52. The van der Waals surface area contributed by atoms with Crippen molar-refractivity contribution in [1.82, 2.24) is 4.72 Å². The van der Waals surface area contributed by atoms with Gasteiger partial charge in [-0.05, 0) is 129 Å². The molecule has 5 atom stereocenters. The number of nitrogens with one attached hydrogen (secondary N) is 1. The van der Waals surface area contributed by atoms with E-state index in [0.29, 0.717) is 42.8 Å². The van der Waals surface area contributed by atoms with Crippen LogP contribution in [0.5, 0.6) is 5.75 Å². The SMILES string of the molecule is CCO[C@]1(C2SCCCS2)/C=C/C[C@H](C)[C@@H](CCOC)S(=O)(=O)NC(=O)c2ccc3c(c2)N(CCCCc2cc(Cl)ccc2CO3)C[C@@H]2CC[C@H]21. The van der Waals surface area contributed by atoms with Gasteiger partial charge in [0.2, 0.25) is 10.0 Å². The van der Waals surface area contributed by atoms with Crippen molar-refractivity contribution in [3.05, 3.63) is 70.3 Å². The summed E-state index contributed by atoms with van der Waals surface area (Å²) in [7, 11) is -2.48. The summed E-state index contributed by atoms with van der Waals surface area (Å²) in [6.07, 6.45) is 11.5. The average Bonchev–Trinajstić information content (AvgIpc) is 3.13. The molecule has 1 amide bonds. The monoisotopic (exact) mass is 776 g/mol. The number of benzene rings is 2. The molecule has 1 aliphatic carbocycles. The van der Waals surface area contributed by atoms with E-state index in [1.54, 1.807) is 13.2 Å². The first-order valence-corrected chi connectivity index (χ1v) is 22.6. The van der Waals surface area contributed by atoms with E-state index in [4.69, 9.17) is 25.8 Å². The van der Waals surface area contributed by atoms with Crippen LogP contribution >= 0.6 is 35.1 Å². The minimum Gasteiger partial charge on any atom is -0.487 e. The fourth-order valence-corrected chi connectivity index (χ4v) is 13.4. The highest BCUT2D eigenvalue weighted by Crippen LogP contribution is 2.53. The van der Waals surface area contributed by atoms with Crippen LogP contribution in [0.15, 0.2) is 48.6 Å². The van der Waals surface area contributed by atoms with Gasteiger partial charge in [0.1, 0.15) is 18.0 Å². The first kappa shape index (κ1) is 38.8. The molecule has 6 rings (SSSR count). The van der Waals surface area contributed by atoms with E-state index in [0.717, 1.165) is 73.0 Å². The maximum absolute atomic E-state index is 14.0. The summed E-state index contributed by atoms with van der Waals surface area (Å²) in [5.74, 6) is 2.68. The summed E-state index contributed by atoms with van der Waals surface area (Å²) in [6, 6.07) is 11.3. The molecule has 0 aromatic heterocycles. The maximum Gasteiger partial charge on any atom is 0.264 e. The van der Waals surface area contributed by atoms with Crippen molar-refractivity contribution in [3.63, 3.8) is 0 Å². The fraction of sp³-hybridized carbons (Fsp3) is 0.615. The zero-order valence-corrected chi connectivity index (χ0v) is 33.3. The van der Waals surface area contributed by atoms with Gasteiger partial charge in [0.15, 0.2) is 0 Å². The first-order chi connectivity index (χ1) is 24.6. The highest BCUT2D eigenvalue weighted by atomic mass is 35.5. The second-order valence-corrected chi connectivity index (χ2v) is 19.4. The predicted octanol–water partition coefficient (Wildman–Crippen LogP) is 8.12. The first-order valence-electron chi connectivity index (χ1n) is 18.5. The maximum atomic E-state index is 14.0. The molecule has 8 nitrogen and oxygen atoms in total. The van der Waals surface area contributed by atoms with Crippen LogP contribution in [0, 0.1) is 17.8 Å². The van der Waals surface area contributed by atoms with Gasteiger partial charge in [0.25, 0.3) is 5.91 Å². The second-order valence-electron chi connectivity index (χ2n) is 14.4. The number of methoxy groups -OCH3 is 1. The molecule has 2 bridgehead atoms. The third kappa shape index (κ3) is 8.92. The molecule has 2 fully saturated rings. The average molecular weight is 778 g/mol. The van der Waals surface area contributed by atoms with Crippen molar-refractivity contribution in [2.24, 2.45) is 17.8 Å². The topological polar surface area (TPSA) is 94.2 Å². The summed E-state index contributed by atoms with van der Waals surface area (Å²) < 4.78 is 49.5. The quantitative estimate of drug-likeness (QED) is 0.292. The molecule has 51 heavy (non-hydrogen) atoms. The number of anilines is 1. The van der Waals surface area contributed by atoms with Crippen LogP contribution in [0.3, 0.4) is 0 Å². The third-order valence-electron chi connectivity index (χ3n) is 11.0. The molecule has 1 N–H and O–H groups in total. The summed E-state index contributed by atoms with van der Waals surface area (Å²) in [5, 5.41) is -0.0969. The summed E-state index contributed by atoms with van der Waals surface area (Å²) in [5.41, 5.74) is 2.92. The molecule has 2 aromatic carbocycles. The van der Waals surface area contributed by atoms with Crippen molar-refractivity contribution >= 4 is 56.7 Å². The van der Waals surface area contributed by atoms with Crippen LogP contribution < -0.4 is 14.4 Å². The number of aryl methyl sites for hydroxylation is 1. The molecular formula is C39H53ClN2O6S3. The number of ether oxygens (including phenoxy) is 3. The van der Waals surface area contributed by atoms with E-state index in [1.165, 1.54) is 12.0 Å². The van der Waals surface area contributed by atoms with Gasteiger partial charge >= 0.3 is 0 Å². The van der Waals surface area contributed by atoms with Crippen LogP contribution in [0.25, 0.3) is 0 Å². The van der Waals surface area contributed by atoms with Gasteiger partial charge in [-0.25, -0.2) is 13.1 Å². The molecule has 280 valence electrons. The summed E-state index contributed by atoms with van der Waals surface area (Å²) >= 11 is 10.4. The molecule has 0 unspecified atom stereocenters. The van der Waals surface area contributed by atoms with Gasteiger partial charge in [0, 0.05) is 44.0 Å². The van der Waals surface area contributed by atoms with Gasteiger partial charge < -0.3 is 19.1 Å². The normalized spacial score (nSPS) is 29.6. The smallest absolute Gasteiger partial charge is 0.264 e. The summed E-state index contributed by atoms with van der Waals surface area (Å²) in [4.78, 5) is 16.2. The van der Waals surface area contributed by atoms with Crippen LogP contribution in [0.2, 0.25) is 5.02 Å². The van der Waals surface area contributed by atoms with E-state index < -0.39 is 26.8 Å². The lowest BCUT2D eigenvalue weighted by Crippen LogP contribution is -2.56. The Bertz CT molecular complexity index is 1650. The van der Waals surface area contributed by atoms with Gasteiger partial charge in [-0.2, -0.15) is 0 Å². The van der Waals surface area contributed by atoms with Crippen LogP contribution in [0.4, 0.5) is 5.69 Å². The number of fused-ring (bicyclic) bond motifs is 3. The lowest BCUT2D eigenvalue weighted by atomic mass is 9.64. The number of thioether (sulfide) groups is 2. The van der Waals surface area contributed by atoms with Crippen molar-refractivity contribution in [1.29, 1.82) is 0 Å². The van der Waals surface area contributed by atoms with Crippen molar-refractivity contribution in [2.45, 2.75) is 87.3 Å². The number of hydrogen-bond acceptors (Lipinski definition) is 9. The third-order valence-corrected chi connectivity index (χ3v) is 16.5. The largest absolute Gasteiger partial charge is 0.487 e. The molecule has 4 aliphatic rings. The Morgan fingerprint density at radius 3 is 2.65 bits per heavy atom. The van der Waals surface area contributed by atoms with E-state index in [1.807, 2.05) is 60.8 Å². The van der Waals surface area contributed by atoms with Crippen LogP contribution in [-0.2, 0) is 32.5 Å². The van der Waals surface area contributed by atoms with Crippen molar-refractivity contribution in [3.8, 4) is 5.75 Å². The molecule has 12 heteroatoms. The van der Waals surface area contributed by atoms with Gasteiger partial charge in [-0.15, -0.1) is 23.5 Å². The minimum absolute atomic E-state index is 0.256. The van der Waals surface area contributed by atoms with Crippen LogP contribution in [-0.4, -0.2) is 74.7 Å². The number of amides is 1.